The topological polar surface area (TPSA) is 84.3 Å². The largest absolute Gasteiger partial charge is 0.496 e. The minimum Gasteiger partial charge on any atom is -0.496 e. The molecule has 0 bridgehead atoms. The van der Waals surface area contributed by atoms with Gasteiger partial charge in [0.1, 0.15) is 11.5 Å². The normalized spacial score (nSPS) is 8.74. The summed E-state index contributed by atoms with van der Waals surface area (Å²) in [7, 11) is 2.98. The number of hydrogen-bond acceptors (Lipinski definition) is 4. The third-order valence-corrected chi connectivity index (χ3v) is 2.30. The Kier molecular flexibility index (Phi) is 5.80. The van der Waals surface area contributed by atoms with E-state index in [0.29, 0.717) is 41.9 Å². The number of aldehydes is 1. The van der Waals surface area contributed by atoms with Crippen molar-refractivity contribution in [3.8, 4) is 23.3 Å². The van der Waals surface area contributed by atoms with E-state index in [1.165, 1.54) is 14.2 Å². The van der Waals surface area contributed by atoms with Crippen LogP contribution in [0.4, 0.5) is 0 Å². The van der Waals surface area contributed by atoms with Crippen molar-refractivity contribution in [3.63, 3.8) is 0 Å². The van der Waals surface area contributed by atoms with Gasteiger partial charge in [-0.2, -0.15) is 0 Å². The van der Waals surface area contributed by atoms with E-state index in [9.17, 15) is 4.79 Å². The first-order valence-corrected chi connectivity index (χ1v) is 5.47. The van der Waals surface area contributed by atoms with E-state index in [0.717, 1.165) is 0 Å². The van der Waals surface area contributed by atoms with E-state index in [-0.39, 0.29) is 0 Å². The molecule has 0 saturated heterocycles. The summed E-state index contributed by atoms with van der Waals surface area (Å²) in [6.07, 6.45) is 1.14. The fourth-order valence-electron chi connectivity index (χ4n) is 1.42. The smallest absolute Gasteiger partial charge is 0.153 e. The number of rotatable bonds is 5. The Balaban J connectivity index is 3.04. The second-order valence-corrected chi connectivity index (χ2v) is 3.42. The second-order valence-electron chi connectivity index (χ2n) is 3.42. The zero-order chi connectivity index (χ0) is 14.1. The average molecular weight is 259 g/mol. The van der Waals surface area contributed by atoms with E-state index in [1.54, 1.807) is 12.1 Å². The summed E-state index contributed by atoms with van der Waals surface area (Å²) in [6.45, 7) is 0.315. The molecule has 98 valence electrons. The molecule has 0 aliphatic heterocycles. The maximum absolute atomic E-state index is 10.9. The van der Waals surface area contributed by atoms with Gasteiger partial charge < -0.3 is 9.47 Å². The number of carbonyl (C=O) groups excluding carboxylic acids is 1. The van der Waals surface area contributed by atoms with Crippen LogP contribution in [0, 0.1) is 11.8 Å². The molecule has 0 spiro atoms. The number of carbonyl (C=O) groups is 1. The van der Waals surface area contributed by atoms with Gasteiger partial charge in [-0.05, 0) is 11.6 Å². The van der Waals surface area contributed by atoms with E-state index in [2.05, 4.69) is 21.9 Å². The molecule has 0 aliphatic rings. The second kappa shape index (κ2) is 7.64. The lowest BCUT2D eigenvalue weighted by atomic mass is 10.1. The summed E-state index contributed by atoms with van der Waals surface area (Å²) < 4.78 is 10.3. The Bertz CT molecular complexity index is 566. The van der Waals surface area contributed by atoms with Crippen LogP contribution in [0.2, 0.25) is 0 Å². The molecule has 6 heteroatoms. The van der Waals surface area contributed by atoms with Crippen LogP contribution in [-0.4, -0.2) is 27.1 Å². The number of hydrogen-bond donors (Lipinski definition) is 0. The predicted molar refractivity (Wildman–Crippen MR) is 70.4 cm³/mol. The van der Waals surface area contributed by atoms with Crippen molar-refractivity contribution in [2.75, 3.05) is 20.8 Å². The molecule has 6 nitrogen and oxygen atoms in total. The molecule has 1 rings (SSSR count). The van der Waals surface area contributed by atoms with Gasteiger partial charge in [-0.25, -0.2) is 0 Å². The maximum Gasteiger partial charge on any atom is 0.153 e. The number of nitrogens with zero attached hydrogens (tertiary/aromatic N) is 3. The maximum atomic E-state index is 10.9. The zero-order valence-corrected chi connectivity index (χ0v) is 10.7. The molecule has 0 unspecified atom stereocenters. The summed E-state index contributed by atoms with van der Waals surface area (Å²) in [5.41, 5.74) is 9.15. The number of methoxy groups -OCH3 is 2. The fraction of sp³-hybridized carbons (Fsp3) is 0.308. The van der Waals surface area contributed by atoms with E-state index in [4.69, 9.17) is 15.0 Å². The minimum atomic E-state index is 0.315. The highest BCUT2D eigenvalue weighted by atomic mass is 16.5. The van der Waals surface area contributed by atoms with Crippen molar-refractivity contribution in [1.82, 2.24) is 0 Å². The van der Waals surface area contributed by atoms with Crippen LogP contribution < -0.4 is 9.47 Å². The van der Waals surface area contributed by atoms with Gasteiger partial charge in [0.05, 0.1) is 25.3 Å². The Labute approximate surface area is 111 Å². The molecule has 19 heavy (non-hydrogen) atoms. The molecule has 0 saturated carbocycles. The van der Waals surface area contributed by atoms with Crippen LogP contribution in [0.3, 0.4) is 0 Å². The quantitative estimate of drug-likeness (QED) is 0.203. The van der Waals surface area contributed by atoms with Crippen LogP contribution in [0.25, 0.3) is 10.4 Å². The molecular formula is C13H13N3O3. The molecule has 0 amide bonds. The van der Waals surface area contributed by atoms with Gasteiger partial charge in [-0.1, -0.05) is 17.0 Å². The number of ether oxygens (including phenoxy) is 2. The average Bonchev–Trinajstić information content (AvgIpc) is 2.46. The highest BCUT2D eigenvalue weighted by Crippen LogP contribution is 2.27. The molecule has 1 aromatic carbocycles. The summed E-state index contributed by atoms with van der Waals surface area (Å²) in [5, 5.41) is 3.38. The molecular weight excluding hydrogens is 246 g/mol. The van der Waals surface area contributed by atoms with Gasteiger partial charge in [-0.15, -0.1) is 0 Å². The van der Waals surface area contributed by atoms with Crippen molar-refractivity contribution < 1.29 is 14.3 Å². The van der Waals surface area contributed by atoms with E-state index >= 15 is 0 Å². The summed E-state index contributed by atoms with van der Waals surface area (Å²) >= 11 is 0. The van der Waals surface area contributed by atoms with Gasteiger partial charge in [-0.3, -0.25) is 4.79 Å². The summed E-state index contributed by atoms with van der Waals surface area (Å²) in [4.78, 5) is 13.5. The van der Waals surface area contributed by atoms with Gasteiger partial charge >= 0.3 is 0 Å². The summed E-state index contributed by atoms with van der Waals surface area (Å²) in [5.74, 6) is 6.70. The van der Waals surface area contributed by atoms with Crippen molar-refractivity contribution in [3.05, 3.63) is 33.7 Å². The number of azide groups is 1. The third kappa shape index (κ3) is 3.95. The Hall–Kier alpha value is -2.64. The van der Waals surface area contributed by atoms with Gasteiger partial charge in [0.2, 0.25) is 0 Å². The lowest BCUT2D eigenvalue weighted by Gasteiger charge is -2.08. The van der Waals surface area contributed by atoms with Crippen LogP contribution >= 0.6 is 0 Å². The predicted octanol–water partition coefficient (Wildman–Crippen LogP) is 2.57. The molecule has 0 heterocycles. The van der Waals surface area contributed by atoms with Crippen molar-refractivity contribution >= 4 is 6.29 Å². The Morgan fingerprint density at radius 1 is 1.37 bits per heavy atom. The van der Waals surface area contributed by atoms with Crippen LogP contribution in [0.1, 0.15) is 22.3 Å². The standard InChI is InChI=1S/C13H13N3O3/c1-18-12-8-11(9-17)13(19-2)7-10(12)5-3-4-6-15-16-14/h7-9H,4,6H2,1-2H3. The van der Waals surface area contributed by atoms with Crippen molar-refractivity contribution in [2.24, 2.45) is 5.11 Å². The Morgan fingerprint density at radius 2 is 2.11 bits per heavy atom. The highest BCUT2D eigenvalue weighted by Gasteiger charge is 2.08. The van der Waals surface area contributed by atoms with Crippen molar-refractivity contribution in [2.45, 2.75) is 6.42 Å². The highest BCUT2D eigenvalue weighted by molar-refractivity contribution is 5.81. The first-order chi connectivity index (χ1) is 9.26. The Morgan fingerprint density at radius 3 is 2.68 bits per heavy atom. The summed E-state index contributed by atoms with van der Waals surface area (Å²) in [6, 6.07) is 3.21. The van der Waals surface area contributed by atoms with E-state index in [1.807, 2.05) is 0 Å². The van der Waals surface area contributed by atoms with Gasteiger partial charge in [0.15, 0.2) is 6.29 Å². The zero-order valence-electron chi connectivity index (χ0n) is 10.7. The minimum absolute atomic E-state index is 0.315. The van der Waals surface area contributed by atoms with E-state index < -0.39 is 0 Å². The monoisotopic (exact) mass is 259 g/mol. The lowest BCUT2D eigenvalue weighted by Crippen LogP contribution is -1.95. The molecule has 0 N–H and O–H groups in total. The molecule has 0 aliphatic carbocycles. The van der Waals surface area contributed by atoms with Crippen LogP contribution in [-0.2, 0) is 0 Å². The van der Waals surface area contributed by atoms with Gasteiger partial charge in [0.25, 0.3) is 0 Å². The fourth-order valence-corrected chi connectivity index (χ4v) is 1.42. The van der Waals surface area contributed by atoms with Crippen LogP contribution in [0.15, 0.2) is 17.2 Å². The van der Waals surface area contributed by atoms with Crippen LogP contribution in [0.5, 0.6) is 11.5 Å². The number of benzene rings is 1. The molecule has 1 aromatic rings. The molecule has 0 atom stereocenters. The third-order valence-electron chi connectivity index (χ3n) is 2.30. The molecule has 0 radical (unpaired) electrons. The first kappa shape index (κ1) is 14.4. The van der Waals surface area contributed by atoms with Gasteiger partial charge in [0, 0.05) is 23.9 Å². The SMILES string of the molecule is COc1cc(C=O)c(OC)cc1C#CCCN=[N+]=[N-]. The lowest BCUT2D eigenvalue weighted by molar-refractivity contribution is 0.112. The molecule has 0 aromatic heterocycles. The van der Waals surface area contributed by atoms with Crippen molar-refractivity contribution in [1.29, 1.82) is 0 Å². The molecule has 0 fully saturated rings. The first-order valence-electron chi connectivity index (χ1n) is 5.47.